The summed E-state index contributed by atoms with van der Waals surface area (Å²) in [6, 6.07) is 8.23. The maximum Gasteiger partial charge on any atom is 0.224 e. The number of thiazole rings is 1. The average Bonchev–Trinajstić information content (AvgIpc) is 3.56. The van der Waals surface area contributed by atoms with Crippen molar-refractivity contribution < 1.29 is 4.79 Å². The number of benzene rings is 1. The third-order valence-corrected chi connectivity index (χ3v) is 7.96. The fourth-order valence-corrected chi connectivity index (χ4v) is 5.62. The number of aromatic nitrogens is 4. The summed E-state index contributed by atoms with van der Waals surface area (Å²) in [5.41, 5.74) is 6.88. The molecule has 2 N–H and O–H groups in total. The molecule has 0 saturated carbocycles. The van der Waals surface area contributed by atoms with Gasteiger partial charge in [-0.3, -0.25) is 4.79 Å². The van der Waals surface area contributed by atoms with Crippen LogP contribution in [0.5, 0.6) is 0 Å². The summed E-state index contributed by atoms with van der Waals surface area (Å²) in [5.74, 6) is 1.01. The lowest BCUT2D eigenvalue weighted by Crippen LogP contribution is -2.46. The molecule has 6 rings (SSSR count). The molecule has 0 atom stereocenters. The van der Waals surface area contributed by atoms with E-state index in [0.29, 0.717) is 13.0 Å². The molecule has 5 heterocycles. The van der Waals surface area contributed by atoms with E-state index in [2.05, 4.69) is 60.3 Å². The maximum atomic E-state index is 12.8. The van der Waals surface area contributed by atoms with Gasteiger partial charge in [0.05, 0.1) is 21.1 Å². The first-order valence-electron chi connectivity index (χ1n) is 12.4. The summed E-state index contributed by atoms with van der Waals surface area (Å²) in [7, 11) is 2.15. The number of aromatic amines is 1. The predicted octanol–water partition coefficient (Wildman–Crippen LogP) is 3.56. The Kier molecular flexibility index (Phi) is 6.39. The molecule has 1 saturated heterocycles. The third-order valence-electron chi connectivity index (χ3n) is 7.17. The highest BCUT2D eigenvalue weighted by Gasteiger charge is 2.21. The lowest BCUT2D eigenvalue weighted by atomic mass is 10.0. The molecule has 0 bridgehead atoms. The number of likely N-dealkylation sites (N-methyl/N-ethyl adjacent to an activating group) is 1. The second kappa shape index (κ2) is 9.96. The number of anilines is 2. The highest BCUT2D eigenvalue weighted by molar-refractivity contribution is 7.16. The number of hydrogen-bond acceptors (Lipinski definition) is 8. The van der Waals surface area contributed by atoms with Gasteiger partial charge < -0.3 is 25.0 Å². The molecule has 9 nitrogen and oxygen atoms in total. The molecule has 1 aromatic carbocycles. The fourth-order valence-electron chi connectivity index (χ4n) is 4.91. The molecule has 0 unspecified atom stereocenters. The third kappa shape index (κ3) is 4.84. The van der Waals surface area contributed by atoms with E-state index in [1.807, 2.05) is 22.5 Å². The summed E-state index contributed by atoms with van der Waals surface area (Å²) in [5, 5.41) is 4.39. The molecule has 0 spiro atoms. The summed E-state index contributed by atoms with van der Waals surface area (Å²) in [6.45, 7) is 6.51. The predicted molar refractivity (Wildman–Crippen MR) is 145 cm³/mol. The Morgan fingerprint density at radius 1 is 1.11 bits per heavy atom. The van der Waals surface area contributed by atoms with Gasteiger partial charge in [0.1, 0.15) is 17.8 Å². The summed E-state index contributed by atoms with van der Waals surface area (Å²) in [4.78, 5) is 36.2. The number of nitrogens with zero attached hydrogens (tertiary/aromatic N) is 6. The minimum absolute atomic E-state index is 0.246. The molecular formula is C26H30N8OS. The Bertz CT molecular complexity index is 1420. The van der Waals surface area contributed by atoms with Crippen molar-refractivity contribution in [2.24, 2.45) is 0 Å². The average molecular weight is 503 g/mol. The van der Waals surface area contributed by atoms with E-state index in [1.54, 1.807) is 17.7 Å². The van der Waals surface area contributed by atoms with Crippen molar-refractivity contribution in [2.45, 2.75) is 12.8 Å². The Hall–Kier alpha value is -3.34. The minimum atomic E-state index is 0.246. The van der Waals surface area contributed by atoms with Crippen molar-refractivity contribution in [1.82, 2.24) is 34.6 Å². The minimum Gasteiger partial charge on any atom is -0.340 e. The van der Waals surface area contributed by atoms with Crippen molar-refractivity contribution in [3.05, 3.63) is 47.9 Å². The van der Waals surface area contributed by atoms with Gasteiger partial charge in [0.2, 0.25) is 5.91 Å². The fraction of sp³-hybridized carbons (Fsp3) is 0.385. The molecule has 2 aliphatic rings. The van der Waals surface area contributed by atoms with E-state index < -0.39 is 0 Å². The van der Waals surface area contributed by atoms with Gasteiger partial charge in [-0.2, -0.15) is 0 Å². The molecule has 0 radical (unpaired) electrons. The van der Waals surface area contributed by atoms with Gasteiger partial charge in [-0.15, -0.1) is 11.3 Å². The van der Waals surface area contributed by atoms with Crippen molar-refractivity contribution in [2.75, 3.05) is 58.2 Å². The molecule has 4 aromatic rings. The second-order valence-corrected chi connectivity index (χ2v) is 10.4. The number of rotatable bonds is 6. The van der Waals surface area contributed by atoms with Crippen LogP contribution in [0.3, 0.4) is 0 Å². The number of piperazine rings is 1. The SMILES string of the molecule is CN1CCN(CCC(=O)N2CC=C(c3cc4c(Nc5ccc6ncsc6c5)ncnc4[nH]3)CC2)CC1. The Labute approximate surface area is 213 Å². The van der Waals surface area contributed by atoms with Crippen LogP contribution < -0.4 is 5.32 Å². The summed E-state index contributed by atoms with van der Waals surface area (Å²) >= 11 is 1.62. The van der Waals surface area contributed by atoms with E-state index in [-0.39, 0.29) is 5.91 Å². The molecule has 2 aliphatic heterocycles. The van der Waals surface area contributed by atoms with E-state index in [9.17, 15) is 4.79 Å². The van der Waals surface area contributed by atoms with E-state index in [4.69, 9.17) is 0 Å². The van der Waals surface area contributed by atoms with Gasteiger partial charge >= 0.3 is 0 Å². The van der Waals surface area contributed by atoms with Gasteiger partial charge in [-0.1, -0.05) is 6.08 Å². The van der Waals surface area contributed by atoms with Crippen LogP contribution in [0, 0.1) is 0 Å². The zero-order valence-corrected chi connectivity index (χ0v) is 21.2. The Morgan fingerprint density at radius 2 is 2.00 bits per heavy atom. The van der Waals surface area contributed by atoms with E-state index in [0.717, 1.165) is 84.1 Å². The molecule has 0 aliphatic carbocycles. The quantitative estimate of drug-likeness (QED) is 0.416. The van der Waals surface area contributed by atoms with Crippen LogP contribution >= 0.6 is 11.3 Å². The smallest absolute Gasteiger partial charge is 0.224 e. The molecule has 36 heavy (non-hydrogen) atoms. The zero-order chi connectivity index (χ0) is 24.5. The monoisotopic (exact) mass is 502 g/mol. The molecule has 10 heteroatoms. The van der Waals surface area contributed by atoms with E-state index in [1.165, 1.54) is 5.57 Å². The van der Waals surface area contributed by atoms with Crippen LogP contribution in [-0.2, 0) is 4.79 Å². The zero-order valence-electron chi connectivity index (χ0n) is 20.4. The van der Waals surface area contributed by atoms with Crippen molar-refractivity contribution >= 4 is 55.6 Å². The molecule has 1 amide bonds. The van der Waals surface area contributed by atoms with Gasteiger partial charge in [0.15, 0.2) is 0 Å². The lowest BCUT2D eigenvalue weighted by molar-refractivity contribution is -0.131. The summed E-state index contributed by atoms with van der Waals surface area (Å²) < 4.78 is 1.13. The van der Waals surface area contributed by atoms with Crippen LogP contribution in [0.15, 0.2) is 42.2 Å². The number of fused-ring (bicyclic) bond motifs is 2. The first kappa shape index (κ1) is 23.1. The van der Waals surface area contributed by atoms with E-state index >= 15 is 0 Å². The highest BCUT2D eigenvalue weighted by atomic mass is 32.1. The van der Waals surface area contributed by atoms with Gasteiger partial charge in [-0.25, -0.2) is 15.0 Å². The van der Waals surface area contributed by atoms with Gasteiger partial charge in [-0.05, 0) is 43.3 Å². The first-order chi connectivity index (χ1) is 17.6. The van der Waals surface area contributed by atoms with Gasteiger partial charge in [0.25, 0.3) is 0 Å². The Morgan fingerprint density at radius 3 is 2.83 bits per heavy atom. The standard InChI is InChI=1S/C26H30N8OS/c1-32-10-12-33(13-11-32)7-6-24(35)34-8-4-18(5-9-34)22-15-20-25(27-16-28-26(20)31-22)30-19-2-3-21-23(14-19)36-17-29-21/h2-4,14-17H,5-13H2,1H3,(H2,27,28,30,31). The van der Waals surface area contributed by atoms with Crippen LogP contribution in [0.25, 0.3) is 26.8 Å². The summed E-state index contributed by atoms with van der Waals surface area (Å²) in [6.07, 6.45) is 5.16. The largest absolute Gasteiger partial charge is 0.340 e. The van der Waals surface area contributed by atoms with Crippen molar-refractivity contribution in [3.8, 4) is 0 Å². The maximum absolute atomic E-state index is 12.8. The second-order valence-electron chi connectivity index (χ2n) is 9.54. The number of carbonyl (C=O) groups excluding carboxylic acids is 1. The lowest BCUT2D eigenvalue weighted by Gasteiger charge is -2.33. The van der Waals surface area contributed by atoms with Crippen LogP contribution in [0.4, 0.5) is 11.5 Å². The Balaban J connectivity index is 1.12. The number of nitrogens with one attached hydrogen (secondary N) is 2. The number of carbonyl (C=O) groups is 1. The molecule has 3 aromatic heterocycles. The molecular weight excluding hydrogens is 472 g/mol. The first-order valence-corrected chi connectivity index (χ1v) is 13.3. The van der Waals surface area contributed by atoms with Crippen LogP contribution in [0.2, 0.25) is 0 Å². The topological polar surface area (TPSA) is 93.3 Å². The normalized spacial score (nSPS) is 17.6. The number of amides is 1. The van der Waals surface area contributed by atoms with Crippen molar-refractivity contribution in [3.63, 3.8) is 0 Å². The molecule has 1 fully saturated rings. The van der Waals surface area contributed by atoms with Crippen LogP contribution in [0.1, 0.15) is 18.5 Å². The molecule has 186 valence electrons. The number of H-pyrrole nitrogens is 1. The number of hydrogen-bond donors (Lipinski definition) is 2. The van der Waals surface area contributed by atoms with Gasteiger partial charge in [0, 0.05) is 63.6 Å². The highest BCUT2D eigenvalue weighted by Crippen LogP contribution is 2.30. The van der Waals surface area contributed by atoms with Crippen molar-refractivity contribution in [1.29, 1.82) is 0 Å². The van der Waals surface area contributed by atoms with Crippen LogP contribution in [-0.4, -0.2) is 93.4 Å².